The van der Waals surface area contributed by atoms with E-state index in [4.69, 9.17) is 5.26 Å². The first kappa shape index (κ1) is 20.1. The Morgan fingerprint density at radius 2 is 1.69 bits per heavy atom. The minimum Gasteiger partial charge on any atom is -0.369 e. The van der Waals surface area contributed by atoms with Crippen LogP contribution in [0.25, 0.3) is 0 Å². The summed E-state index contributed by atoms with van der Waals surface area (Å²) < 4.78 is 28.2. The van der Waals surface area contributed by atoms with E-state index in [0.717, 1.165) is 50.8 Å². The first-order chi connectivity index (χ1) is 14.1. The van der Waals surface area contributed by atoms with Gasteiger partial charge in [0.1, 0.15) is 17.7 Å². The topological polar surface area (TPSA) is 50.6 Å². The average molecular weight is 402 g/mol. The van der Waals surface area contributed by atoms with Gasteiger partial charge in [-0.3, -0.25) is 9.69 Å². The molecule has 4 rings (SSSR count). The fraction of sp³-hybridized carbons (Fsp3) is 0.636. The molecule has 0 radical (unpaired) electrons. The Labute approximate surface area is 170 Å². The van der Waals surface area contributed by atoms with E-state index in [-0.39, 0.29) is 23.1 Å². The molecule has 0 unspecified atom stereocenters. The zero-order valence-electron chi connectivity index (χ0n) is 16.7. The van der Waals surface area contributed by atoms with Crippen LogP contribution < -0.4 is 4.90 Å². The quantitative estimate of drug-likeness (QED) is 0.780. The lowest BCUT2D eigenvalue weighted by molar-refractivity contribution is -0.136. The van der Waals surface area contributed by atoms with E-state index in [2.05, 4.69) is 4.90 Å². The molecule has 1 saturated carbocycles. The van der Waals surface area contributed by atoms with Crippen LogP contribution in [0.1, 0.15) is 44.1 Å². The van der Waals surface area contributed by atoms with E-state index < -0.39 is 11.6 Å². The van der Waals surface area contributed by atoms with Gasteiger partial charge in [-0.1, -0.05) is 6.42 Å². The van der Waals surface area contributed by atoms with Crippen LogP contribution in [-0.4, -0.2) is 61.0 Å². The SMILES string of the molecule is N#Cc1cc(F)c(N2CCC(C(=O)N3CCCN(C4CCC4)CC3)CC2)cc1F. The second-order valence-corrected chi connectivity index (χ2v) is 8.46. The van der Waals surface area contributed by atoms with Crippen molar-refractivity contribution in [3.8, 4) is 6.07 Å². The molecule has 2 heterocycles. The van der Waals surface area contributed by atoms with Gasteiger partial charge in [0, 0.05) is 57.3 Å². The Morgan fingerprint density at radius 3 is 2.34 bits per heavy atom. The van der Waals surface area contributed by atoms with Crippen LogP contribution in [0.4, 0.5) is 14.5 Å². The number of benzene rings is 1. The third-order valence-corrected chi connectivity index (χ3v) is 6.78. The van der Waals surface area contributed by atoms with Gasteiger partial charge >= 0.3 is 0 Å². The number of amides is 1. The van der Waals surface area contributed by atoms with Crippen LogP contribution in [0.5, 0.6) is 0 Å². The molecule has 2 saturated heterocycles. The number of anilines is 1. The summed E-state index contributed by atoms with van der Waals surface area (Å²) in [6.07, 6.45) is 6.21. The third-order valence-electron chi connectivity index (χ3n) is 6.78. The van der Waals surface area contributed by atoms with Crippen molar-refractivity contribution in [1.82, 2.24) is 9.80 Å². The van der Waals surface area contributed by atoms with Gasteiger partial charge in [0.25, 0.3) is 0 Å². The highest BCUT2D eigenvalue weighted by atomic mass is 19.1. The lowest BCUT2D eigenvalue weighted by Crippen LogP contribution is -2.45. The molecule has 7 heteroatoms. The number of hydrogen-bond acceptors (Lipinski definition) is 4. The summed E-state index contributed by atoms with van der Waals surface area (Å²) in [5, 5.41) is 8.83. The standard InChI is InChI=1S/C22H28F2N4O/c23-19-14-21(20(24)13-17(19)15-25)27-9-5-16(6-10-27)22(29)28-8-2-7-26(11-12-28)18-3-1-4-18/h13-14,16,18H,1-12H2. The van der Waals surface area contributed by atoms with Crippen molar-refractivity contribution in [3.05, 3.63) is 29.3 Å². The number of carbonyl (C=O) groups excluding carboxylic acids is 1. The summed E-state index contributed by atoms with van der Waals surface area (Å²) in [6, 6.07) is 4.43. The Morgan fingerprint density at radius 1 is 0.931 bits per heavy atom. The maximum atomic E-state index is 14.3. The Bertz CT molecular complexity index is 797. The molecule has 156 valence electrons. The largest absolute Gasteiger partial charge is 0.369 e. The molecule has 0 bridgehead atoms. The number of rotatable bonds is 3. The molecule has 0 spiro atoms. The van der Waals surface area contributed by atoms with E-state index in [0.29, 0.717) is 25.9 Å². The summed E-state index contributed by atoms with van der Waals surface area (Å²) in [4.78, 5) is 19.4. The molecule has 0 aromatic heterocycles. The third kappa shape index (κ3) is 4.23. The molecule has 1 aromatic rings. The number of carbonyl (C=O) groups is 1. The zero-order chi connectivity index (χ0) is 20.4. The van der Waals surface area contributed by atoms with Gasteiger partial charge in [-0.15, -0.1) is 0 Å². The Hall–Kier alpha value is -2.20. The smallest absolute Gasteiger partial charge is 0.225 e. The van der Waals surface area contributed by atoms with Crippen LogP contribution >= 0.6 is 0 Å². The van der Waals surface area contributed by atoms with Crippen molar-refractivity contribution in [1.29, 1.82) is 5.26 Å². The van der Waals surface area contributed by atoms with Gasteiger partial charge in [0.05, 0.1) is 11.3 Å². The van der Waals surface area contributed by atoms with Gasteiger partial charge in [0.2, 0.25) is 5.91 Å². The van der Waals surface area contributed by atoms with Crippen LogP contribution in [-0.2, 0) is 4.79 Å². The van der Waals surface area contributed by atoms with Crippen molar-refractivity contribution in [3.63, 3.8) is 0 Å². The summed E-state index contributed by atoms with van der Waals surface area (Å²) in [5.41, 5.74) is -0.105. The van der Waals surface area contributed by atoms with Crippen molar-refractivity contribution >= 4 is 11.6 Å². The van der Waals surface area contributed by atoms with Gasteiger partial charge in [0.15, 0.2) is 0 Å². The van der Waals surface area contributed by atoms with E-state index in [1.807, 2.05) is 4.90 Å². The van der Waals surface area contributed by atoms with E-state index in [1.54, 1.807) is 11.0 Å². The fourth-order valence-corrected chi connectivity index (χ4v) is 4.76. The monoisotopic (exact) mass is 402 g/mol. The van der Waals surface area contributed by atoms with Crippen molar-refractivity contribution in [2.75, 3.05) is 44.2 Å². The zero-order valence-corrected chi connectivity index (χ0v) is 16.7. The number of nitrogens with zero attached hydrogens (tertiary/aromatic N) is 4. The molecule has 1 aromatic carbocycles. The summed E-state index contributed by atoms with van der Waals surface area (Å²) in [5.74, 6) is -1.13. The van der Waals surface area contributed by atoms with E-state index in [1.165, 1.54) is 19.3 Å². The molecule has 3 aliphatic rings. The van der Waals surface area contributed by atoms with Gasteiger partial charge in [-0.05, 0) is 38.2 Å². The fourth-order valence-electron chi connectivity index (χ4n) is 4.76. The number of nitriles is 1. The molecule has 0 atom stereocenters. The minimum absolute atomic E-state index is 0.0483. The molecule has 1 amide bonds. The summed E-state index contributed by atoms with van der Waals surface area (Å²) in [7, 11) is 0. The lowest BCUT2D eigenvalue weighted by atomic mass is 9.91. The average Bonchev–Trinajstić information content (AvgIpc) is 2.94. The van der Waals surface area contributed by atoms with Crippen LogP contribution in [0, 0.1) is 28.9 Å². The molecule has 0 N–H and O–H groups in total. The van der Waals surface area contributed by atoms with Crippen LogP contribution in [0.15, 0.2) is 12.1 Å². The first-order valence-electron chi connectivity index (χ1n) is 10.7. The second-order valence-electron chi connectivity index (χ2n) is 8.46. The number of piperidine rings is 1. The highest BCUT2D eigenvalue weighted by molar-refractivity contribution is 5.79. The normalized spacial score (nSPS) is 22.1. The second kappa shape index (κ2) is 8.66. The van der Waals surface area contributed by atoms with Crippen molar-refractivity contribution in [2.45, 2.75) is 44.6 Å². The first-order valence-corrected chi connectivity index (χ1v) is 10.7. The highest BCUT2D eigenvalue weighted by Gasteiger charge is 2.32. The number of hydrogen-bond donors (Lipinski definition) is 0. The lowest BCUT2D eigenvalue weighted by Gasteiger charge is -2.37. The highest BCUT2D eigenvalue weighted by Crippen LogP contribution is 2.29. The maximum Gasteiger partial charge on any atom is 0.225 e. The molecule has 2 aliphatic heterocycles. The molecular weight excluding hydrogens is 374 g/mol. The van der Waals surface area contributed by atoms with Gasteiger partial charge in [-0.25, -0.2) is 8.78 Å². The summed E-state index contributed by atoms with van der Waals surface area (Å²) >= 11 is 0. The van der Waals surface area contributed by atoms with Crippen LogP contribution in [0.3, 0.4) is 0 Å². The molecule has 1 aliphatic carbocycles. The molecular formula is C22H28F2N4O. The van der Waals surface area contributed by atoms with Crippen molar-refractivity contribution < 1.29 is 13.6 Å². The van der Waals surface area contributed by atoms with Gasteiger partial charge < -0.3 is 9.80 Å². The van der Waals surface area contributed by atoms with E-state index in [9.17, 15) is 13.6 Å². The predicted octanol–water partition coefficient (Wildman–Crippen LogP) is 3.14. The van der Waals surface area contributed by atoms with E-state index >= 15 is 0 Å². The molecule has 5 nitrogen and oxygen atoms in total. The number of halogens is 2. The molecule has 29 heavy (non-hydrogen) atoms. The summed E-state index contributed by atoms with van der Waals surface area (Å²) in [6.45, 7) is 4.69. The maximum absolute atomic E-state index is 14.3. The minimum atomic E-state index is -0.706. The predicted molar refractivity (Wildman–Crippen MR) is 106 cm³/mol. The Balaban J connectivity index is 1.33. The molecule has 3 fully saturated rings. The Kier molecular flexibility index (Phi) is 6.00. The van der Waals surface area contributed by atoms with Crippen molar-refractivity contribution in [2.24, 2.45) is 5.92 Å². The van der Waals surface area contributed by atoms with Gasteiger partial charge in [-0.2, -0.15) is 5.26 Å². The van der Waals surface area contributed by atoms with Crippen LogP contribution in [0.2, 0.25) is 0 Å².